The Balaban J connectivity index is 2.21. The number of aromatic nitrogens is 2. The maximum absolute atomic E-state index is 12.2. The summed E-state index contributed by atoms with van der Waals surface area (Å²) in [4.78, 5) is 12.9. The predicted molar refractivity (Wildman–Crippen MR) is 73.2 cm³/mol. The van der Waals surface area contributed by atoms with Gasteiger partial charge in [-0.15, -0.1) is 5.10 Å². The van der Waals surface area contributed by atoms with Gasteiger partial charge in [-0.3, -0.25) is 4.79 Å². The van der Waals surface area contributed by atoms with E-state index >= 15 is 0 Å². The smallest absolute Gasteiger partial charge is 0.180 e. The molecule has 0 spiro atoms. The van der Waals surface area contributed by atoms with Crippen molar-refractivity contribution >= 4 is 17.3 Å². The third-order valence-electron chi connectivity index (χ3n) is 2.79. The predicted octanol–water partition coefficient (Wildman–Crippen LogP) is 3.14. The van der Waals surface area contributed by atoms with E-state index in [-0.39, 0.29) is 5.78 Å². The SMILES string of the molecule is CCc1nnsc1C(=O)Cc1cc(C)cc(C)c1. The fourth-order valence-corrected chi connectivity index (χ4v) is 2.77. The molecule has 1 aromatic heterocycles. The summed E-state index contributed by atoms with van der Waals surface area (Å²) < 4.78 is 3.86. The molecule has 2 aromatic rings. The van der Waals surface area contributed by atoms with E-state index < -0.39 is 0 Å². The number of nitrogens with zero attached hydrogens (tertiary/aromatic N) is 2. The van der Waals surface area contributed by atoms with Gasteiger partial charge < -0.3 is 0 Å². The molecule has 0 saturated heterocycles. The van der Waals surface area contributed by atoms with Crippen molar-refractivity contribution in [3.05, 3.63) is 45.5 Å². The van der Waals surface area contributed by atoms with E-state index in [2.05, 4.69) is 27.8 Å². The molecule has 0 aliphatic carbocycles. The number of benzene rings is 1. The Morgan fingerprint density at radius 2 is 1.89 bits per heavy atom. The topological polar surface area (TPSA) is 42.9 Å². The molecule has 0 aliphatic rings. The van der Waals surface area contributed by atoms with Gasteiger partial charge in [0.2, 0.25) is 0 Å². The summed E-state index contributed by atoms with van der Waals surface area (Å²) in [6.07, 6.45) is 1.18. The molecule has 3 nitrogen and oxygen atoms in total. The summed E-state index contributed by atoms with van der Waals surface area (Å²) in [5, 5.41) is 3.98. The van der Waals surface area contributed by atoms with Crippen LogP contribution < -0.4 is 0 Å². The molecular formula is C14H16N2OS. The number of rotatable bonds is 4. The third kappa shape index (κ3) is 2.82. The first-order chi connectivity index (χ1) is 8.60. The minimum absolute atomic E-state index is 0.117. The number of carbonyl (C=O) groups excluding carboxylic acids is 1. The van der Waals surface area contributed by atoms with E-state index in [9.17, 15) is 4.79 Å². The lowest BCUT2D eigenvalue weighted by molar-refractivity contribution is 0.0996. The van der Waals surface area contributed by atoms with Crippen LogP contribution >= 0.6 is 11.5 Å². The summed E-state index contributed by atoms with van der Waals surface area (Å²) in [5.74, 6) is 0.117. The summed E-state index contributed by atoms with van der Waals surface area (Å²) in [5.41, 5.74) is 4.26. The Kier molecular flexibility index (Phi) is 3.87. The van der Waals surface area contributed by atoms with Crippen molar-refractivity contribution in [2.45, 2.75) is 33.6 Å². The van der Waals surface area contributed by atoms with Crippen molar-refractivity contribution in [3.8, 4) is 0 Å². The second-order valence-electron chi connectivity index (χ2n) is 4.50. The van der Waals surface area contributed by atoms with Gasteiger partial charge in [-0.1, -0.05) is 40.7 Å². The number of hydrogen-bond donors (Lipinski definition) is 0. The van der Waals surface area contributed by atoms with Crippen LogP contribution in [0.1, 0.15) is 39.0 Å². The van der Waals surface area contributed by atoms with Crippen LogP contribution in [0.4, 0.5) is 0 Å². The molecule has 1 heterocycles. The first kappa shape index (κ1) is 12.9. The van der Waals surface area contributed by atoms with Gasteiger partial charge in [0, 0.05) is 6.42 Å². The van der Waals surface area contributed by atoms with Crippen molar-refractivity contribution in [2.75, 3.05) is 0 Å². The number of Topliss-reactive ketones (excluding diaryl/α,β-unsaturated/α-hetero) is 1. The Hall–Kier alpha value is -1.55. The fourth-order valence-electron chi connectivity index (χ4n) is 2.09. The Morgan fingerprint density at radius 1 is 1.22 bits per heavy atom. The van der Waals surface area contributed by atoms with E-state index in [0.717, 1.165) is 17.7 Å². The Morgan fingerprint density at radius 3 is 2.50 bits per heavy atom. The highest BCUT2D eigenvalue weighted by molar-refractivity contribution is 7.08. The van der Waals surface area contributed by atoms with Crippen LogP contribution in [0.5, 0.6) is 0 Å². The van der Waals surface area contributed by atoms with Gasteiger partial charge in [0.25, 0.3) is 0 Å². The van der Waals surface area contributed by atoms with Gasteiger partial charge in [0.1, 0.15) is 4.88 Å². The highest BCUT2D eigenvalue weighted by atomic mass is 32.1. The van der Waals surface area contributed by atoms with Crippen LogP contribution in [0, 0.1) is 13.8 Å². The molecule has 18 heavy (non-hydrogen) atoms. The van der Waals surface area contributed by atoms with Crippen molar-refractivity contribution in [1.82, 2.24) is 9.59 Å². The molecule has 0 N–H and O–H groups in total. The van der Waals surface area contributed by atoms with Crippen LogP contribution in [-0.2, 0) is 12.8 Å². The summed E-state index contributed by atoms with van der Waals surface area (Å²) in [6, 6.07) is 6.23. The second-order valence-corrected chi connectivity index (χ2v) is 5.25. The van der Waals surface area contributed by atoms with Gasteiger partial charge in [0.15, 0.2) is 5.78 Å². The molecule has 94 valence electrons. The third-order valence-corrected chi connectivity index (χ3v) is 3.60. The molecule has 4 heteroatoms. The largest absolute Gasteiger partial charge is 0.293 e. The first-order valence-corrected chi connectivity index (χ1v) is 6.79. The van der Waals surface area contributed by atoms with E-state index in [0.29, 0.717) is 11.3 Å². The lowest BCUT2D eigenvalue weighted by Crippen LogP contribution is -2.05. The van der Waals surface area contributed by atoms with Crippen molar-refractivity contribution in [2.24, 2.45) is 0 Å². The van der Waals surface area contributed by atoms with E-state index in [1.165, 1.54) is 22.7 Å². The molecule has 0 fully saturated rings. The minimum Gasteiger partial charge on any atom is -0.293 e. The summed E-state index contributed by atoms with van der Waals surface area (Å²) >= 11 is 1.20. The molecule has 0 aliphatic heterocycles. The van der Waals surface area contributed by atoms with Gasteiger partial charge in [-0.2, -0.15) is 0 Å². The highest BCUT2D eigenvalue weighted by Gasteiger charge is 2.15. The van der Waals surface area contributed by atoms with Crippen molar-refractivity contribution in [3.63, 3.8) is 0 Å². The maximum atomic E-state index is 12.2. The average molecular weight is 260 g/mol. The molecular weight excluding hydrogens is 244 g/mol. The molecule has 2 rings (SSSR count). The zero-order valence-electron chi connectivity index (χ0n) is 10.9. The number of hydrogen-bond acceptors (Lipinski definition) is 4. The highest BCUT2D eigenvalue weighted by Crippen LogP contribution is 2.16. The second kappa shape index (κ2) is 5.40. The van der Waals surface area contributed by atoms with Crippen LogP contribution in [0.3, 0.4) is 0 Å². The first-order valence-electron chi connectivity index (χ1n) is 6.01. The summed E-state index contributed by atoms with van der Waals surface area (Å²) in [6.45, 7) is 6.09. The van der Waals surface area contributed by atoms with E-state index in [1.54, 1.807) is 0 Å². The standard InChI is InChI=1S/C14H16N2OS/c1-4-12-14(18-16-15-12)13(17)8-11-6-9(2)5-10(3)7-11/h5-7H,4,8H2,1-3H3. The average Bonchev–Trinajstić information content (AvgIpc) is 2.75. The quantitative estimate of drug-likeness (QED) is 0.793. The van der Waals surface area contributed by atoms with Gasteiger partial charge in [-0.25, -0.2) is 0 Å². The van der Waals surface area contributed by atoms with Crippen LogP contribution in [0.25, 0.3) is 0 Å². The molecule has 0 bridgehead atoms. The van der Waals surface area contributed by atoms with Crippen LogP contribution in [0.15, 0.2) is 18.2 Å². The molecule has 1 aromatic carbocycles. The molecule has 0 saturated carbocycles. The molecule has 0 radical (unpaired) electrons. The van der Waals surface area contributed by atoms with Gasteiger partial charge in [-0.05, 0) is 37.4 Å². The monoisotopic (exact) mass is 260 g/mol. The van der Waals surface area contributed by atoms with Crippen molar-refractivity contribution < 1.29 is 4.79 Å². The van der Waals surface area contributed by atoms with Gasteiger partial charge in [0.05, 0.1) is 5.69 Å². The van der Waals surface area contributed by atoms with Crippen molar-refractivity contribution in [1.29, 1.82) is 0 Å². The molecule has 0 amide bonds. The maximum Gasteiger partial charge on any atom is 0.180 e. The lowest BCUT2D eigenvalue weighted by Gasteiger charge is -2.04. The number of carbonyl (C=O) groups is 1. The summed E-state index contributed by atoms with van der Waals surface area (Å²) in [7, 11) is 0. The van der Waals surface area contributed by atoms with Gasteiger partial charge >= 0.3 is 0 Å². The zero-order chi connectivity index (χ0) is 13.1. The van der Waals surface area contributed by atoms with E-state index in [4.69, 9.17) is 0 Å². The minimum atomic E-state index is 0.117. The lowest BCUT2D eigenvalue weighted by atomic mass is 10.0. The normalized spacial score (nSPS) is 10.6. The fraction of sp³-hybridized carbons (Fsp3) is 0.357. The molecule has 0 atom stereocenters. The molecule has 0 unspecified atom stereocenters. The number of ketones is 1. The van der Waals surface area contributed by atoms with Crippen LogP contribution in [0.2, 0.25) is 0 Å². The van der Waals surface area contributed by atoms with E-state index in [1.807, 2.05) is 20.8 Å². The number of aryl methyl sites for hydroxylation is 3. The Bertz CT molecular complexity index is 555. The van der Waals surface area contributed by atoms with Crippen LogP contribution in [-0.4, -0.2) is 15.4 Å². The Labute approximate surface area is 111 Å². The zero-order valence-corrected chi connectivity index (χ0v) is 11.7.